The molecule has 0 amide bonds. The summed E-state index contributed by atoms with van der Waals surface area (Å²) in [6.45, 7) is 2.27. The van der Waals surface area contributed by atoms with E-state index in [4.69, 9.17) is 9.47 Å². The Morgan fingerprint density at radius 3 is 2.27 bits per heavy atom. The summed E-state index contributed by atoms with van der Waals surface area (Å²) in [4.78, 5) is 14.6. The molecule has 0 bridgehead atoms. The summed E-state index contributed by atoms with van der Waals surface area (Å²) in [5.74, 6) is 0.977. The molecule has 0 unspecified atom stereocenters. The van der Waals surface area contributed by atoms with Gasteiger partial charge in [-0.05, 0) is 73.2 Å². The number of amidine groups is 1. The molecule has 4 aromatic carbocycles. The molecule has 37 heavy (non-hydrogen) atoms. The van der Waals surface area contributed by atoms with Gasteiger partial charge in [0.2, 0.25) is 0 Å². The molecule has 0 saturated carbocycles. The van der Waals surface area contributed by atoms with Crippen LogP contribution >= 0.6 is 0 Å². The van der Waals surface area contributed by atoms with Crippen LogP contribution in [0.5, 0.6) is 11.5 Å². The number of esters is 1. The average Bonchev–Trinajstić information content (AvgIpc) is 3.18. The van der Waals surface area contributed by atoms with Gasteiger partial charge in [0, 0.05) is 17.8 Å². The number of fused-ring (bicyclic) bond motifs is 1. The minimum atomic E-state index is -3.81. The maximum absolute atomic E-state index is 12.8. The van der Waals surface area contributed by atoms with E-state index in [-0.39, 0.29) is 4.90 Å². The number of rotatable bonds is 6. The fourth-order valence-electron chi connectivity index (χ4n) is 4.12. The third kappa shape index (κ3) is 5.10. The lowest BCUT2D eigenvalue weighted by molar-refractivity contribution is 0.0734. The summed E-state index contributed by atoms with van der Waals surface area (Å²) < 4.78 is 40.5. The zero-order chi connectivity index (χ0) is 26.0. The molecular weight excluding hydrogens is 488 g/mol. The molecule has 5 rings (SSSR count). The molecule has 0 N–H and O–H groups in total. The number of carbonyl (C=O) groups excluding carboxylic acids is 1. The van der Waals surface area contributed by atoms with Crippen LogP contribution in [-0.4, -0.2) is 27.3 Å². The molecule has 4 aromatic rings. The summed E-state index contributed by atoms with van der Waals surface area (Å²) in [5.41, 5.74) is 3.59. The number of hydrogen-bond donors (Lipinski definition) is 0. The Kier molecular flexibility index (Phi) is 6.50. The Balaban J connectivity index is 1.48. The van der Waals surface area contributed by atoms with Crippen LogP contribution in [0.4, 0.5) is 5.69 Å². The van der Waals surface area contributed by atoms with Gasteiger partial charge in [0.15, 0.2) is 5.84 Å². The first-order valence-corrected chi connectivity index (χ1v) is 13.0. The molecule has 1 aliphatic rings. The first-order chi connectivity index (χ1) is 17.8. The van der Waals surface area contributed by atoms with E-state index >= 15 is 0 Å². The highest BCUT2D eigenvalue weighted by Gasteiger charge is 2.32. The maximum Gasteiger partial charge on any atom is 0.343 e. The van der Waals surface area contributed by atoms with E-state index in [1.807, 2.05) is 42.2 Å². The molecule has 0 fully saturated rings. The van der Waals surface area contributed by atoms with E-state index in [9.17, 15) is 13.2 Å². The molecule has 186 valence electrons. The van der Waals surface area contributed by atoms with Crippen molar-refractivity contribution >= 4 is 27.5 Å². The Bertz CT molecular complexity index is 1590. The number of benzene rings is 4. The second kappa shape index (κ2) is 9.91. The van der Waals surface area contributed by atoms with Crippen LogP contribution in [0.25, 0.3) is 0 Å². The number of nitrogens with zero attached hydrogens (tertiary/aromatic N) is 2. The number of methoxy groups -OCH3 is 1. The lowest BCUT2D eigenvalue weighted by Gasteiger charge is -2.25. The van der Waals surface area contributed by atoms with Gasteiger partial charge in [0.25, 0.3) is 10.0 Å². The van der Waals surface area contributed by atoms with Crippen molar-refractivity contribution in [3.8, 4) is 11.5 Å². The zero-order valence-corrected chi connectivity index (χ0v) is 21.1. The van der Waals surface area contributed by atoms with E-state index in [1.54, 1.807) is 73.8 Å². The van der Waals surface area contributed by atoms with Crippen molar-refractivity contribution < 1.29 is 22.7 Å². The molecule has 0 radical (unpaired) electrons. The van der Waals surface area contributed by atoms with E-state index in [1.165, 1.54) is 0 Å². The maximum atomic E-state index is 12.8. The monoisotopic (exact) mass is 512 g/mol. The topological polar surface area (TPSA) is 85.3 Å². The number of anilines is 1. The normalized spacial score (nSPS) is 13.4. The molecular formula is C29H24N2O5S. The first kappa shape index (κ1) is 24.3. The molecule has 7 nitrogen and oxygen atoms in total. The third-order valence-electron chi connectivity index (χ3n) is 5.98. The predicted molar refractivity (Wildman–Crippen MR) is 142 cm³/mol. The summed E-state index contributed by atoms with van der Waals surface area (Å²) in [6.07, 6.45) is 0. The molecule has 0 aromatic heterocycles. The van der Waals surface area contributed by atoms with E-state index in [0.29, 0.717) is 34.9 Å². The largest absolute Gasteiger partial charge is 0.497 e. The Hall–Kier alpha value is -4.43. The predicted octanol–water partition coefficient (Wildman–Crippen LogP) is 5.38. The van der Waals surface area contributed by atoms with Crippen molar-refractivity contribution in [2.75, 3.05) is 12.0 Å². The molecule has 0 aliphatic carbocycles. The highest BCUT2D eigenvalue weighted by molar-refractivity contribution is 7.90. The fraction of sp³-hybridized carbons (Fsp3) is 0.103. The Labute approximate surface area is 215 Å². The van der Waals surface area contributed by atoms with Crippen LogP contribution in [0.1, 0.15) is 27.0 Å². The van der Waals surface area contributed by atoms with Gasteiger partial charge in [0.05, 0.1) is 12.7 Å². The fourth-order valence-corrected chi connectivity index (χ4v) is 5.33. The van der Waals surface area contributed by atoms with Crippen LogP contribution in [0, 0.1) is 6.92 Å². The minimum absolute atomic E-state index is 0.174. The van der Waals surface area contributed by atoms with Gasteiger partial charge < -0.3 is 14.4 Å². The highest BCUT2D eigenvalue weighted by atomic mass is 32.2. The molecule has 0 saturated heterocycles. The van der Waals surface area contributed by atoms with Crippen LogP contribution in [0.3, 0.4) is 0 Å². The van der Waals surface area contributed by atoms with Gasteiger partial charge in [-0.3, -0.25) is 0 Å². The number of carbonyl (C=O) groups is 1. The smallest absolute Gasteiger partial charge is 0.343 e. The van der Waals surface area contributed by atoms with Crippen molar-refractivity contribution in [3.63, 3.8) is 0 Å². The second-order valence-electron chi connectivity index (χ2n) is 8.57. The van der Waals surface area contributed by atoms with Gasteiger partial charge in [0.1, 0.15) is 16.4 Å². The van der Waals surface area contributed by atoms with E-state index in [0.717, 1.165) is 16.9 Å². The first-order valence-electron chi connectivity index (χ1n) is 11.6. The zero-order valence-electron chi connectivity index (χ0n) is 20.3. The van der Waals surface area contributed by atoms with Crippen molar-refractivity contribution in [2.45, 2.75) is 18.4 Å². The van der Waals surface area contributed by atoms with Gasteiger partial charge in [-0.1, -0.05) is 42.0 Å². The SMILES string of the molecule is COc1ccc(CN(C2=NS(=O)(=O)c3ccccc32)c2ccc(OC(=O)c3cccc(C)c3)cc2)cc1. The summed E-state index contributed by atoms with van der Waals surface area (Å²) in [7, 11) is -2.21. The molecule has 0 atom stereocenters. The van der Waals surface area contributed by atoms with Crippen LogP contribution in [0.15, 0.2) is 106 Å². The van der Waals surface area contributed by atoms with E-state index < -0.39 is 16.0 Å². The van der Waals surface area contributed by atoms with Gasteiger partial charge in [-0.15, -0.1) is 4.40 Å². The average molecular weight is 513 g/mol. The van der Waals surface area contributed by atoms with Gasteiger partial charge >= 0.3 is 5.97 Å². The van der Waals surface area contributed by atoms with Crippen LogP contribution in [-0.2, 0) is 16.6 Å². The number of sulfonamides is 1. The third-order valence-corrected chi connectivity index (χ3v) is 7.31. The lowest BCUT2D eigenvalue weighted by atomic mass is 10.1. The lowest BCUT2D eigenvalue weighted by Crippen LogP contribution is -2.30. The van der Waals surface area contributed by atoms with Gasteiger partial charge in [-0.25, -0.2) is 4.79 Å². The summed E-state index contributed by atoms with van der Waals surface area (Å²) in [5, 5.41) is 0. The minimum Gasteiger partial charge on any atom is -0.497 e. The number of ether oxygens (including phenoxy) is 2. The summed E-state index contributed by atoms with van der Waals surface area (Å²) >= 11 is 0. The van der Waals surface area contributed by atoms with E-state index in [2.05, 4.69) is 4.40 Å². The highest BCUT2D eigenvalue weighted by Crippen LogP contribution is 2.32. The Morgan fingerprint density at radius 1 is 0.865 bits per heavy atom. The van der Waals surface area contributed by atoms with Crippen molar-refractivity contribution in [2.24, 2.45) is 4.40 Å². The molecule has 0 spiro atoms. The molecule has 1 heterocycles. The van der Waals surface area contributed by atoms with Crippen molar-refractivity contribution in [3.05, 3.63) is 119 Å². The molecule has 1 aliphatic heterocycles. The van der Waals surface area contributed by atoms with Crippen molar-refractivity contribution in [1.82, 2.24) is 0 Å². The summed E-state index contributed by atoms with van der Waals surface area (Å²) in [6, 6.07) is 28.4. The number of hydrogen-bond acceptors (Lipinski definition) is 6. The number of aryl methyl sites for hydroxylation is 1. The van der Waals surface area contributed by atoms with Gasteiger partial charge in [-0.2, -0.15) is 8.42 Å². The van der Waals surface area contributed by atoms with Crippen molar-refractivity contribution in [1.29, 1.82) is 0 Å². The second-order valence-corrected chi connectivity index (χ2v) is 10.1. The van der Waals surface area contributed by atoms with Crippen LogP contribution in [0.2, 0.25) is 0 Å². The quantitative estimate of drug-likeness (QED) is 0.255. The van der Waals surface area contributed by atoms with Crippen LogP contribution < -0.4 is 14.4 Å². The molecule has 8 heteroatoms. The standard InChI is InChI=1S/C29H24N2O5S/c1-20-6-5-7-22(18-20)29(32)36-25-16-12-23(13-17-25)31(19-21-10-14-24(35-2)15-11-21)28-26-8-3-4-9-27(26)37(33,34)30-28/h3-18H,19H2,1-2H3. The Morgan fingerprint density at radius 2 is 1.57 bits per heavy atom.